The first-order valence-corrected chi connectivity index (χ1v) is 10.6. The highest BCUT2D eigenvalue weighted by Crippen LogP contribution is 2.20. The largest absolute Gasteiger partial charge is 0.349 e. The van der Waals surface area contributed by atoms with Gasteiger partial charge in [0.15, 0.2) is 0 Å². The highest BCUT2D eigenvalue weighted by molar-refractivity contribution is 6.40. The molecule has 0 heterocycles. The van der Waals surface area contributed by atoms with Crippen LogP contribution in [0.15, 0.2) is 24.3 Å². The molecule has 1 fully saturated rings. The highest BCUT2D eigenvalue weighted by Gasteiger charge is 2.21. The van der Waals surface area contributed by atoms with Crippen LogP contribution < -0.4 is 16.0 Å². The normalized spacial score (nSPS) is 13.9. The molecule has 1 saturated carbocycles. The van der Waals surface area contributed by atoms with Gasteiger partial charge in [-0.3, -0.25) is 14.4 Å². The fraction of sp³-hybridized carbons (Fsp3) is 0.591. The molecule has 154 valence electrons. The van der Waals surface area contributed by atoms with Crippen LogP contribution in [-0.2, 0) is 9.59 Å². The van der Waals surface area contributed by atoms with Crippen molar-refractivity contribution in [2.45, 2.75) is 77.2 Å². The van der Waals surface area contributed by atoms with Crippen molar-refractivity contribution in [1.29, 1.82) is 0 Å². The lowest BCUT2D eigenvalue weighted by Gasteiger charge is -2.15. The number of carbonyl (C=O) groups is 3. The van der Waals surface area contributed by atoms with Gasteiger partial charge >= 0.3 is 11.8 Å². The van der Waals surface area contributed by atoms with Crippen LogP contribution in [0, 0.1) is 0 Å². The zero-order chi connectivity index (χ0) is 20.2. The molecule has 0 aromatic heterocycles. The fourth-order valence-electron chi connectivity index (χ4n) is 3.49. The van der Waals surface area contributed by atoms with Crippen molar-refractivity contribution in [1.82, 2.24) is 10.6 Å². The van der Waals surface area contributed by atoms with E-state index in [0.717, 1.165) is 44.9 Å². The molecule has 0 radical (unpaired) electrons. The molecular formula is C22H33N3O3. The summed E-state index contributed by atoms with van der Waals surface area (Å²) in [6.07, 6.45) is 10.9. The molecule has 28 heavy (non-hydrogen) atoms. The van der Waals surface area contributed by atoms with Gasteiger partial charge in [0.25, 0.3) is 5.91 Å². The van der Waals surface area contributed by atoms with Crippen LogP contribution in [-0.4, -0.2) is 30.3 Å². The average Bonchev–Trinajstić information content (AvgIpc) is 3.20. The van der Waals surface area contributed by atoms with Crippen molar-refractivity contribution >= 4 is 23.4 Å². The molecule has 3 amide bonds. The van der Waals surface area contributed by atoms with Crippen LogP contribution in [0.4, 0.5) is 5.69 Å². The number of rotatable bonds is 10. The van der Waals surface area contributed by atoms with Gasteiger partial charge in [-0.15, -0.1) is 0 Å². The lowest BCUT2D eigenvalue weighted by molar-refractivity contribution is -0.136. The van der Waals surface area contributed by atoms with Gasteiger partial charge in [0.2, 0.25) is 0 Å². The Balaban J connectivity index is 1.79. The van der Waals surface area contributed by atoms with E-state index in [1.807, 2.05) is 0 Å². The average molecular weight is 388 g/mol. The lowest BCUT2D eigenvalue weighted by Crippen LogP contribution is -2.37. The third kappa shape index (κ3) is 7.33. The minimum absolute atomic E-state index is 0.192. The topological polar surface area (TPSA) is 87.3 Å². The van der Waals surface area contributed by atoms with E-state index in [0.29, 0.717) is 17.8 Å². The quantitative estimate of drug-likeness (QED) is 0.422. The van der Waals surface area contributed by atoms with Crippen LogP contribution in [0.1, 0.15) is 81.5 Å². The summed E-state index contributed by atoms with van der Waals surface area (Å²) >= 11 is 0. The third-order valence-corrected chi connectivity index (χ3v) is 5.13. The van der Waals surface area contributed by atoms with E-state index in [2.05, 4.69) is 22.9 Å². The second-order valence-corrected chi connectivity index (χ2v) is 7.48. The van der Waals surface area contributed by atoms with E-state index in [1.54, 1.807) is 24.3 Å². The highest BCUT2D eigenvalue weighted by atomic mass is 16.2. The van der Waals surface area contributed by atoms with E-state index >= 15 is 0 Å². The molecule has 0 aliphatic heterocycles. The SMILES string of the molecule is CCCCCCCCNC(=O)C(=O)Nc1ccccc1C(=O)NC1CCCC1. The van der Waals surface area contributed by atoms with Crippen LogP contribution in [0.25, 0.3) is 0 Å². The molecular weight excluding hydrogens is 354 g/mol. The van der Waals surface area contributed by atoms with Gasteiger partial charge in [-0.2, -0.15) is 0 Å². The summed E-state index contributed by atoms with van der Waals surface area (Å²) in [6, 6.07) is 6.97. The monoisotopic (exact) mass is 387 g/mol. The number of hydrogen-bond acceptors (Lipinski definition) is 3. The maximum atomic E-state index is 12.5. The van der Waals surface area contributed by atoms with Gasteiger partial charge in [-0.1, -0.05) is 64.0 Å². The van der Waals surface area contributed by atoms with Crippen molar-refractivity contribution in [3.63, 3.8) is 0 Å². The molecule has 6 heteroatoms. The van der Waals surface area contributed by atoms with Gasteiger partial charge in [-0.05, 0) is 31.4 Å². The molecule has 0 unspecified atom stereocenters. The van der Waals surface area contributed by atoms with E-state index in [1.165, 1.54) is 19.3 Å². The summed E-state index contributed by atoms with van der Waals surface area (Å²) in [4.78, 5) is 36.7. The van der Waals surface area contributed by atoms with Gasteiger partial charge in [0.05, 0.1) is 11.3 Å². The van der Waals surface area contributed by atoms with Crippen LogP contribution in [0.5, 0.6) is 0 Å². The van der Waals surface area contributed by atoms with Crippen LogP contribution in [0.3, 0.4) is 0 Å². The summed E-state index contributed by atoms with van der Waals surface area (Å²) in [5, 5.41) is 8.23. The lowest BCUT2D eigenvalue weighted by atomic mass is 10.1. The number of anilines is 1. The maximum absolute atomic E-state index is 12.5. The molecule has 0 saturated heterocycles. The predicted octanol–water partition coefficient (Wildman–Crippen LogP) is 3.77. The Morgan fingerprint density at radius 1 is 0.929 bits per heavy atom. The second-order valence-electron chi connectivity index (χ2n) is 7.48. The second kappa shape index (κ2) is 12.2. The number of benzene rings is 1. The summed E-state index contributed by atoms with van der Waals surface area (Å²) in [6.45, 7) is 2.66. The zero-order valence-corrected chi connectivity index (χ0v) is 16.9. The number of unbranched alkanes of at least 4 members (excludes halogenated alkanes) is 5. The summed E-state index contributed by atoms with van der Waals surface area (Å²) in [7, 11) is 0. The van der Waals surface area contributed by atoms with Gasteiger partial charge in [0, 0.05) is 12.6 Å². The summed E-state index contributed by atoms with van der Waals surface area (Å²) < 4.78 is 0. The summed E-state index contributed by atoms with van der Waals surface area (Å²) in [5.41, 5.74) is 0.740. The Kier molecular flexibility index (Phi) is 9.52. The Bertz CT molecular complexity index is 654. The molecule has 3 N–H and O–H groups in total. The Morgan fingerprint density at radius 3 is 2.36 bits per heavy atom. The molecule has 1 aliphatic carbocycles. The molecule has 1 aliphatic rings. The molecule has 2 rings (SSSR count). The van der Waals surface area contributed by atoms with Crippen LogP contribution in [0.2, 0.25) is 0 Å². The maximum Gasteiger partial charge on any atom is 0.313 e. The number of nitrogens with one attached hydrogen (secondary N) is 3. The first kappa shape index (κ1) is 21.9. The van der Waals surface area contributed by atoms with E-state index in [4.69, 9.17) is 0 Å². The first-order chi connectivity index (χ1) is 13.6. The summed E-state index contributed by atoms with van der Waals surface area (Å²) in [5.74, 6) is -1.62. The minimum atomic E-state index is -0.743. The predicted molar refractivity (Wildman–Crippen MR) is 111 cm³/mol. The Morgan fingerprint density at radius 2 is 1.61 bits per heavy atom. The van der Waals surface area contributed by atoms with Crippen molar-refractivity contribution < 1.29 is 14.4 Å². The Hall–Kier alpha value is -2.37. The first-order valence-electron chi connectivity index (χ1n) is 10.6. The van der Waals surface area contributed by atoms with Crippen LogP contribution >= 0.6 is 0 Å². The zero-order valence-electron chi connectivity index (χ0n) is 16.9. The van der Waals surface area contributed by atoms with Gasteiger partial charge in [0.1, 0.15) is 0 Å². The van der Waals surface area contributed by atoms with Crippen molar-refractivity contribution in [2.75, 3.05) is 11.9 Å². The number of carbonyl (C=O) groups excluding carboxylic acids is 3. The van der Waals surface area contributed by atoms with Crippen molar-refractivity contribution in [2.24, 2.45) is 0 Å². The molecule has 1 aromatic rings. The van der Waals surface area contributed by atoms with Crippen molar-refractivity contribution in [3.8, 4) is 0 Å². The molecule has 1 aromatic carbocycles. The van der Waals surface area contributed by atoms with E-state index in [-0.39, 0.29) is 11.9 Å². The van der Waals surface area contributed by atoms with E-state index < -0.39 is 11.8 Å². The Labute approximate surface area is 167 Å². The number of para-hydroxylation sites is 1. The minimum Gasteiger partial charge on any atom is -0.349 e. The number of amides is 3. The van der Waals surface area contributed by atoms with Crippen molar-refractivity contribution in [3.05, 3.63) is 29.8 Å². The fourth-order valence-corrected chi connectivity index (χ4v) is 3.49. The number of hydrogen-bond donors (Lipinski definition) is 3. The molecule has 0 spiro atoms. The van der Waals surface area contributed by atoms with E-state index in [9.17, 15) is 14.4 Å². The smallest absolute Gasteiger partial charge is 0.313 e. The third-order valence-electron chi connectivity index (χ3n) is 5.13. The molecule has 6 nitrogen and oxygen atoms in total. The molecule has 0 bridgehead atoms. The standard InChI is InChI=1S/C22H33N3O3/c1-2-3-4-5-6-11-16-23-21(27)22(28)25-19-15-10-9-14-18(19)20(26)24-17-12-7-8-13-17/h9-10,14-15,17H,2-8,11-13,16H2,1H3,(H,23,27)(H,24,26)(H,25,28). The van der Waals surface area contributed by atoms with Gasteiger partial charge in [-0.25, -0.2) is 0 Å². The van der Waals surface area contributed by atoms with Gasteiger partial charge < -0.3 is 16.0 Å². The molecule has 0 atom stereocenters.